The Bertz CT molecular complexity index is 521. The number of nitrogens with zero attached hydrogens (tertiary/aromatic N) is 1. The number of methoxy groups -OCH3 is 1. The lowest BCUT2D eigenvalue weighted by molar-refractivity contribution is -0.0182. The van der Waals surface area contributed by atoms with Crippen LogP contribution in [0.2, 0.25) is 0 Å². The van der Waals surface area contributed by atoms with Gasteiger partial charge in [0.2, 0.25) is 0 Å². The second-order valence-electron chi connectivity index (χ2n) is 6.29. The van der Waals surface area contributed by atoms with Crippen LogP contribution in [0.15, 0.2) is 12.1 Å². The zero-order valence-corrected chi connectivity index (χ0v) is 13.7. The summed E-state index contributed by atoms with van der Waals surface area (Å²) in [4.78, 5) is 2.31. The van der Waals surface area contributed by atoms with Crippen LogP contribution in [0.4, 0.5) is 0 Å². The van der Waals surface area contributed by atoms with Crippen LogP contribution in [0.25, 0.3) is 0 Å². The summed E-state index contributed by atoms with van der Waals surface area (Å²) in [5.74, 6) is 1.93. The van der Waals surface area contributed by atoms with Crippen LogP contribution in [0.5, 0.6) is 11.5 Å². The van der Waals surface area contributed by atoms with Gasteiger partial charge >= 0.3 is 0 Å². The van der Waals surface area contributed by atoms with Crippen molar-refractivity contribution in [1.29, 1.82) is 0 Å². The molecule has 0 amide bonds. The summed E-state index contributed by atoms with van der Waals surface area (Å²) in [5.41, 5.74) is 2.38. The lowest BCUT2D eigenvalue weighted by Crippen LogP contribution is -2.44. The standard InChI is InChI=1S/C17H26N2O3/c1-12-6-13-7-16(20-3)14(8-17(13)22-12)9-18-10-15-11-19(2)4-5-21-15/h7-8,12,15,18H,4-6,9-11H2,1-3H3/t12-,15-/m0/s1. The molecule has 1 N–H and O–H groups in total. The first kappa shape index (κ1) is 15.6. The number of hydrogen-bond donors (Lipinski definition) is 1. The van der Waals surface area contributed by atoms with Crippen molar-refractivity contribution in [2.75, 3.05) is 40.4 Å². The molecule has 0 aromatic heterocycles. The van der Waals surface area contributed by atoms with E-state index in [2.05, 4.69) is 36.3 Å². The Kier molecular flexibility index (Phi) is 4.86. The maximum absolute atomic E-state index is 5.84. The topological polar surface area (TPSA) is 43.0 Å². The number of nitrogens with one attached hydrogen (secondary N) is 1. The molecule has 1 fully saturated rings. The Morgan fingerprint density at radius 1 is 1.41 bits per heavy atom. The second kappa shape index (κ2) is 6.86. The monoisotopic (exact) mass is 306 g/mol. The largest absolute Gasteiger partial charge is 0.496 e. The van der Waals surface area contributed by atoms with Gasteiger partial charge in [-0.15, -0.1) is 0 Å². The zero-order chi connectivity index (χ0) is 15.5. The fraction of sp³-hybridized carbons (Fsp3) is 0.647. The number of rotatable bonds is 5. The van der Waals surface area contributed by atoms with Crippen LogP contribution in [0.1, 0.15) is 18.1 Å². The van der Waals surface area contributed by atoms with Gasteiger partial charge in [0.05, 0.1) is 19.8 Å². The lowest BCUT2D eigenvalue weighted by atomic mass is 10.1. The van der Waals surface area contributed by atoms with Gasteiger partial charge in [0.15, 0.2) is 0 Å². The van der Waals surface area contributed by atoms with Gasteiger partial charge in [0, 0.05) is 43.7 Å². The summed E-state index contributed by atoms with van der Waals surface area (Å²) < 4.78 is 17.1. The van der Waals surface area contributed by atoms with Gasteiger partial charge in [0.1, 0.15) is 17.6 Å². The van der Waals surface area contributed by atoms with Crippen molar-refractivity contribution in [3.05, 3.63) is 23.3 Å². The fourth-order valence-corrected chi connectivity index (χ4v) is 3.17. The molecule has 2 aliphatic rings. The quantitative estimate of drug-likeness (QED) is 0.892. The third kappa shape index (κ3) is 3.54. The molecule has 0 bridgehead atoms. The van der Waals surface area contributed by atoms with Gasteiger partial charge < -0.3 is 24.4 Å². The number of ether oxygens (including phenoxy) is 3. The molecule has 1 aromatic rings. The van der Waals surface area contributed by atoms with Crippen molar-refractivity contribution < 1.29 is 14.2 Å². The Labute approximate surface area is 132 Å². The van der Waals surface area contributed by atoms with Gasteiger partial charge in [-0.2, -0.15) is 0 Å². The molecule has 2 aliphatic heterocycles. The van der Waals surface area contributed by atoms with Crippen LogP contribution in [0, 0.1) is 0 Å². The predicted octanol–water partition coefficient (Wildman–Crippen LogP) is 1.44. The van der Waals surface area contributed by atoms with E-state index < -0.39 is 0 Å². The molecule has 122 valence electrons. The van der Waals surface area contributed by atoms with Crippen molar-refractivity contribution >= 4 is 0 Å². The van der Waals surface area contributed by atoms with Crippen LogP contribution in [-0.4, -0.2) is 57.5 Å². The minimum atomic E-state index is 0.258. The van der Waals surface area contributed by atoms with E-state index >= 15 is 0 Å². The van der Waals surface area contributed by atoms with E-state index in [0.717, 1.165) is 56.3 Å². The molecular weight excluding hydrogens is 280 g/mol. The first-order valence-electron chi connectivity index (χ1n) is 8.03. The Morgan fingerprint density at radius 2 is 2.27 bits per heavy atom. The summed E-state index contributed by atoms with van der Waals surface area (Å²) in [6.07, 6.45) is 1.48. The molecule has 2 atom stereocenters. The van der Waals surface area contributed by atoms with E-state index in [1.165, 1.54) is 5.56 Å². The third-order valence-electron chi connectivity index (χ3n) is 4.33. The summed E-state index contributed by atoms with van der Waals surface area (Å²) in [6, 6.07) is 4.22. The average Bonchev–Trinajstić information content (AvgIpc) is 2.85. The van der Waals surface area contributed by atoms with Crippen LogP contribution in [0.3, 0.4) is 0 Å². The number of hydrogen-bond acceptors (Lipinski definition) is 5. The van der Waals surface area contributed by atoms with Gasteiger partial charge in [-0.05, 0) is 26.1 Å². The van der Waals surface area contributed by atoms with Crippen LogP contribution < -0.4 is 14.8 Å². The van der Waals surface area contributed by atoms with E-state index in [-0.39, 0.29) is 12.2 Å². The number of likely N-dealkylation sites (N-methyl/N-ethyl adjacent to an activating group) is 1. The van der Waals surface area contributed by atoms with Crippen molar-refractivity contribution in [2.45, 2.75) is 32.1 Å². The summed E-state index contributed by atoms with van der Waals surface area (Å²) >= 11 is 0. The summed E-state index contributed by atoms with van der Waals surface area (Å²) in [7, 11) is 3.86. The van der Waals surface area contributed by atoms with Crippen molar-refractivity contribution in [1.82, 2.24) is 10.2 Å². The first-order valence-corrected chi connectivity index (χ1v) is 8.03. The van der Waals surface area contributed by atoms with Gasteiger partial charge in [0.25, 0.3) is 0 Å². The highest BCUT2D eigenvalue weighted by Gasteiger charge is 2.22. The van der Waals surface area contributed by atoms with Crippen molar-refractivity contribution in [3.63, 3.8) is 0 Å². The molecule has 0 unspecified atom stereocenters. The molecule has 5 heteroatoms. The highest BCUT2D eigenvalue weighted by Crippen LogP contribution is 2.34. The van der Waals surface area contributed by atoms with E-state index in [0.29, 0.717) is 0 Å². The summed E-state index contributed by atoms with van der Waals surface area (Å²) in [5, 5.41) is 3.48. The van der Waals surface area contributed by atoms with Gasteiger partial charge in [-0.1, -0.05) is 0 Å². The minimum Gasteiger partial charge on any atom is -0.496 e. The minimum absolute atomic E-state index is 0.258. The van der Waals surface area contributed by atoms with E-state index in [1.54, 1.807) is 7.11 Å². The number of fused-ring (bicyclic) bond motifs is 1. The Hall–Kier alpha value is -1.30. The molecule has 2 heterocycles. The number of morpholine rings is 1. The first-order chi connectivity index (χ1) is 10.7. The van der Waals surface area contributed by atoms with Crippen molar-refractivity contribution in [3.8, 4) is 11.5 Å². The average molecular weight is 306 g/mol. The maximum Gasteiger partial charge on any atom is 0.123 e. The molecule has 22 heavy (non-hydrogen) atoms. The molecule has 5 nitrogen and oxygen atoms in total. The fourth-order valence-electron chi connectivity index (χ4n) is 3.17. The number of benzene rings is 1. The van der Waals surface area contributed by atoms with E-state index in [1.807, 2.05) is 0 Å². The lowest BCUT2D eigenvalue weighted by Gasteiger charge is -2.30. The molecule has 0 saturated carbocycles. The van der Waals surface area contributed by atoms with E-state index in [9.17, 15) is 0 Å². The van der Waals surface area contributed by atoms with Crippen LogP contribution >= 0.6 is 0 Å². The second-order valence-corrected chi connectivity index (χ2v) is 6.29. The predicted molar refractivity (Wildman–Crippen MR) is 85.7 cm³/mol. The molecular formula is C17H26N2O3. The smallest absolute Gasteiger partial charge is 0.123 e. The molecule has 0 radical (unpaired) electrons. The third-order valence-corrected chi connectivity index (χ3v) is 4.33. The molecule has 0 spiro atoms. The maximum atomic E-state index is 5.84. The van der Waals surface area contributed by atoms with E-state index in [4.69, 9.17) is 14.2 Å². The normalized spacial score (nSPS) is 24.9. The molecule has 3 rings (SSSR count). The highest BCUT2D eigenvalue weighted by molar-refractivity contribution is 5.48. The Morgan fingerprint density at radius 3 is 3.05 bits per heavy atom. The molecule has 1 aromatic carbocycles. The molecule has 0 aliphatic carbocycles. The zero-order valence-electron chi connectivity index (χ0n) is 13.7. The molecule has 1 saturated heterocycles. The summed E-state index contributed by atoms with van der Waals surface area (Å²) in [6.45, 7) is 6.53. The van der Waals surface area contributed by atoms with Gasteiger partial charge in [-0.25, -0.2) is 0 Å². The van der Waals surface area contributed by atoms with Crippen molar-refractivity contribution in [2.24, 2.45) is 0 Å². The van der Waals surface area contributed by atoms with Gasteiger partial charge in [-0.3, -0.25) is 0 Å². The SMILES string of the molecule is COc1cc2c(cc1CNC[C@H]1CN(C)CCO1)O[C@@H](C)C2. The Balaban J connectivity index is 1.59. The highest BCUT2D eigenvalue weighted by atomic mass is 16.5. The van der Waals surface area contributed by atoms with Crippen LogP contribution in [-0.2, 0) is 17.7 Å².